The maximum atomic E-state index is 13.2. The minimum atomic E-state index is -0.515. The number of ether oxygens (including phenoxy) is 4. The summed E-state index contributed by atoms with van der Waals surface area (Å²) in [6, 6.07) is 0. The van der Waals surface area contributed by atoms with Gasteiger partial charge >= 0.3 is 5.97 Å². The van der Waals surface area contributed by atoms with Gasteiger partial charge in [-0.3, -0.25) is 4.79 Å². The first-order valence-corrected chi connectivity index (χ1v) is 31.2. The average Bonchev–Trinajstić information content (AvgIpc) is 3.92. The number of likely N-dealkylation sites (tertiary alicyclic amines) is 1. The van der Waals surface area contributed by atoms with Crippen LogP contribution in [0, 0.1) is 5.41 Å². The number of unbranched alkanes of at least 4 members (excludes halogenated alkanes) is 27. The van der Waals surface area contributed by atoms with E-state index in [4.69, 9.17) is 18.9 Å². The van der Waals surface area contributed by atoms with Gasteiger partial charge in [-0.2, -0.15) is 0 Å². The van der Waals surface area contributed by atoms with E-state index in [-0.39, 0.29) is 12.6 Å². The Bertz CT molecular complexity index is 1170. The minimum absolute atomic E-state index is 0.119. The lowest BCUT2D eigenvalue weighted by Gasteiger charge is -2.33. The first-order valence-electron chi connectivity index (χ1n) is 31.2. The Labute approximate surface area is 448 Å². The van der Waals surface area contributed by atoms with Gasteiger partial charge in [0.05, 0.1) is 31.7 Å². The molecule has 0 aromatic carbocycles. The Morgan fingerprint density at radius 3 is 0.986 bits per heavy atom. The molecule has 0 N–H and O–H groups in total. The fourth-order valence-electron chi connectivity index (χ4n) is 9.25. The second kappa shape index (κ2) is 56.5. The summed E-state index contributed by atoms with van der Waals surface area (Å²) in [4.78, 5) is 15.6. The van der Waals surface area contributed by atoms with Crippen molar-refractivity contribution in [3.8, 4) is 0 Å². The number of nitrogens with zero attached hydrogens (tertiary/aromatic N) is 1. The van der Waals surface area contributed by atoms with Crippen LogP contribution in [-0.2, 0) is 23.7 Å². The molecule has 6 heteroatoms. The molecule has 418 valence electrons. The summed E-state index contributed by atoms with van der Waals surface area (Å²) in [5.41, 5.74) is -0.515. The molecule has 0 aromatic rings. The highest BCUT2D eigenvalue weighted by atomic mass is 16.5. The zero-order valence-electron chi connectivity index (χ0n) is 48.1. The number of hydrogen-bond donors (Lipinski definition) is 0. The van der Waals surface area contributed by atoms with Crippen molar-refractivity contribution in [2.24, 2.45) is 5.41 Å². The van der Waals surface area contributed by atoms with Crippen molar-refractivity contribution >= 4 is 5.97 Å². The molecule has 1 fully saturated rings. The third-order valence-electron chi connectivity index (χ3n) is 14.1. The Hall–Kier alpha value is -2.25. The molecular weight excluding hydrogens is 887 g/mol. The highest BCUT2D eigenvalue weighted by molar-refractivity contribution is 5.69. The molecule has 1 aliphatic heterocycles. The Kier molecular flexibility index (Phi) is 53.2. The Balaban J connectivity index is 2.60. The number of allylic oxidation sites excluding steroid dienone is 12. The number of carbonyl (C=O) groups excluding carboxylic acids is 1. The van der Waals surface area contributed by atoms with Gasteiger partial charge < -0.3 is 23.8 Å². The van der Waals surface area contributed by atoms with Gasteiger partial charge in [-0.15, -0.1) is 0 Å². The molecule has 1 aliphatic rings. The quantitative estimate of drug-likeness (QED) is 0.0344. The fraction of sp³-hybridized carbons (Fsp3) is 0.803. The lowest BCUT2D eigenvalue weighted by Crippen LogP contribution is -2.42. The van der Waals surface area contributed by atoms with E-state index in [0.717, 1.165) is 78.0 Å². The van der Waals surface area contributed by atoms with E-state index in [1.165, 1.54) is 205 Å². The Morgan fingerprint density at radius 1 is 0.375 bits per heavy atom. The molecule has 1 rings (SSSR count). The monoisotopic (exact) mass is 1010 g/mol. The van der Waals surface area contributed by atoms with Gasteiger partial charge in [0.25, 0.3) is 0 Å². The number of rotatable bonds is 56. The SMILES string of the molecule is CCCCC/C=C\C/C=C\CCCCCCCCOCC(COCCCCCCCC/C=C\C/C=C\CCCCC)(COCCCCCCCC/C=C\C/C=C\CCCCC)COC(=O)CCN1CCCC1. The van der Waals surface area contributed by atoms with Crippen LogP contribution in [0.4, 0.5) is 0 Å². The predicted molar refractivity (Wildman–Crippen MR) is 314 cm³/mol. The van der Waals surface area contributed by atoms with Crippen LogP contribution in [0.25, 0.3) is 0 Å². The summed E-state index contributed by atoms with van der Waals surface area (Å²) in [6.07, 6.45) is 75.3. The summed E-state index contributed by atoms with van der Waals surface area (Å²) in [5, 5.41) is 0. The molecule has 0 bridgehead atoms. The van der Waals surface area contributed by atoms with Crippen LogP contribution in [0.2, 0.25) is 0 Å². The van der Waals surface area contributed by atoms with Crippen LogP contribution in [0.15, 0.2) is 72.9 Å². The van der Waals surface area contributed by atoms with E-state index < -0.39 is 5.41 Å². The van der Waals surface area contributed by atoms with Crippen LogP contribution in [0.3, 0.4) is 0 Å². The molecule has 0 saturated carbocycles. The summed E-state index contributed by atoms with van der Waals surface area (Å²) in [7, 11) is 0. The maximum absolute atomic E-state index is 13.2. The maximum Gasteiger partial charge on any atom is 0.307 e. The fourth-order valence-corrected chi connectivity index (χ4v) is 9.25. The van der Waals surface area contributed by atoms with Crippen molar-refractivity contribution in [1.82, 2.24) is 4.90 Å². The molecule has 72 heavy (non-hydrogen) atoms. The van der Waals surface area contributed by atoms with Crippen LogP contribution in [0.1, 0.15) is 271 Å². The topological polar surface area (TPSA) is 57.2 Å². The molecule has 0 unspecified atom stereocenters. The third-order valence-corrected chi connectivity index (χ3v) is 14.1. The third kappa shape index (κ3) is 48.7. The van der Waals surface area contributed by atoms with Crippen molar-refractivity contribution in [3.05, 3.63) is 72.9 Å². The number of hydrogen-bond acceptors (Lipinski definition) is 6. The molecule has 0 spiro atoms. The minimum Gasteiger partial charge on any atom is -0.465 e. The van der Waals surface area contributed by atoms with Gasteiger partial charge in [-0.25, -0.2) is 0 Å². The van der Waals surface area contributed by atoms with Crippen molar-refractivity contribution in [2.75, 3.05) is 65.9 Å². The standard InChI is InChI=1S/C66H119NO5/c1-4-7-10-13-16-19-22-25-28-31-34-37-40-43-46-51-58-69-61-66(64-72-65(68)54-57-67-55-49-50-56-67,62-70-59-52-47-44-41-38-35-32-29-26-23-20-17-14-11-8-5-2)63-71-60-53-48-45-42-39-36-33-30-27-24-21-18-15-12-9-6-3/h16-21,25-30H,4-15,22-24,31-64H2,1-3H3/b19-16-,20-17-,21-18-,28-25-,29-26-,30-27-. The van der Waals surface area contributed by atoms with Crippen LogP contribution < -0.4 is 0 Å². The molecule has 1 heterocycles. The highest BCUT2D eigenvalue weighted by Gasteiger charge is 2.34. The second-order valence-electron chi connectivity index (χ2n) is 21.4. The van der Waals surface area contributed by atoms with E-state index in [0.29, 0.717) is 26.2 Å². The zero-order chi connectivity index (χ0) is 51.6. The lowest BCUT2D eigenvalue weighted by atomic mass is 9.92. The van der Waals surface area contributed by atoms with Gasteiger partial charge in [-0.05, 0) is 142 Å². The number of carbonyl (C=O) groups is 1. The molecule has 0 atom stereocenters. The largest absolute Gasteiger partial charge is 0.465 e. The van der Waals surface area contributed by atoms with E-state index in [1.807, 2.05) is 0 Å². The summed E-state index contributed by atoms with van der Waals surface area (Å²) in [6.45, 7) is 13.6. The average molecular weight is 1010 g/mol. The van der Waals surface area contributed by atoms with Crippen LogP contribution >= 0.6 is 0 Å². The molecular formula is C66H119NO5. The molecule has 1 saturated heterocycles. The van der Waals surface area contributed by atoms with Gasteiger partial charge in [0.1, 0.15) is 6.61 Å². The lowest BCUT2D eigenvalue weighted by molar-refractivity contribution is -0.156. The highest BCUT2D eigenvalue weighted by Crippen LogP contribution is 2.23. The summed E-state index contributed by atoms with van der Waals surface area (Å²) < 4.78 is 25.5. The van der Waals surface area contributed by atoms with Crippen molar-refractivity contribution in [2.45, 2.75) is 271 Å². The number of esters is 1. The Morgan fingerprint density at radius 2 is 0.667 bits per heavy atom. The van der Waals surface area contributed by atoms with E-state index in [2.05, 4.69) is 98.6 Å². The van der Waals surface area contributed by atoms with Gasteiger partial charge in [-0.1, -0.05) is 209 Å². The summed E-state index contributed by atoms with van der Waals surface area (Å²) in [5.74, 6) is -0.119. The summed E-state index contributed by atoms with van der Waals surface area (Å²) >= 11 is 0. The molecule has 0 aliphatic carbocycles. The first kappa shape index (κ1) is 67.8. The molecule has 0 aromatic heterocycles. The predicted octanol–water partition coefficient (Wildman–Crippen LogP) is 19.5. The van der Waals surface area contributed by atoms with Crippen molar-refractivity contribution in [3.63, 3.8) is 0 Å². The van der Waals surface area contributed by atoms with Crippen LogP contribution in [-0.4, -0.2) is 76.8 Å². The zero-order valence-corrected chi connectivity index (χ0v) is 48.1. The molecule has 0 radical (unpaired) electrons. The van der Waals surface area contributed by atoms with Crippen LogP contribution in [0.5, 0.6) is 0 Å². The van der Waals surface area contributed by atoms with Gasteiger partial charge in [0.2, 0.25) is 0 Å². The van der Waals surface area contributed by atoms with Gasteiger partial charge in [0.15, 0.2) is 0 Å². The molecule has 0 amide bonds. The van der Waals surface area contributed by atoms with Crippen molar-refractivity contribution in [1.29, 1.82) is 0 Å². The molecule has 6 nitrogen and oxygen atoms in total. The normalized spacial score (nSPS) is 13.9. The van der Waals surface area contributed by atoms with Gasteiger partial charge in [0, 0.05) is 26.4 Å². The van der Waals surface area contributed by atoms with E-state index in [9.17, 15) is 4.79 Å². The van der Waals surface area contributed by atoms with E-state index in [1.54, 1.807) is 0 Å². The van der Waals surface area contributed by atoms with E-state index >= 15 is 0 Å². The first-order chi connectivity index (χ1) is 35.7. The smallest absolute Gasteiger partial charge is 0.307 e. The second-order valence-corrected chi connectivity index (χ2v) is 21.4. The van der Waals surface area contributed by atoms with Crippen molar-refractivity contribution < 1.29 is 23.7 Å².